The van der Waals surface area contributed by atoms with Gasteiger partial charge in [0.2, 0.25) is 5.91 Å². The SMILES string of the molecule is CCCCC(=O)NC(CN)CC(C)C.Cl. The summed E-state index contributed by atoms with van der Waals surface area (Å²) in [5, 5.41) is 2.97. The van der Waals surface area contributed by atoms with Gasteiger partial charge in [0.15, 0.2) is 0 Å². The minimum absolute atomic E-state index is 0. The van der Waals surface area contributed by atoms with Crippen molar-refractivity contribution in [2.75, 3.05) is 6.54 Å². The lowest BCUT2D eigenvalue weighted by Gasteiger charge is -2.18. The number of halogens is 1. The standard InChI is InChI=1S/C11H24N2O.ClH/c1-4-5-6-11(14)13-10(8-12)7-9(2)3;/h9-10H,4-8,12H2,1-3H3,(H,13,14);1H. The van der Waals surface area contributed by atoms with E-state index in [1.165, 1.54) is 0 Å². The van der Waals surface area contributed by atoms with Gasteiger partial charge in [-0.15, -0.1) is 12.4 Å². The number of amides is 1. The molecule has 0 aromatic heterocycles. The summed E-state index contributed by atoms with van der Waals surface area (Å²) in [5.74, 6) is 0.720. The zero-order chi connectivity index (χ0) is 11.0. The maximum Gasteiger partial charge on any atom is 0.220 e. The molecule has 3 nitrogen and oxygen atoms in total. The van der Waals surface area contributed by atoms with Crippen LogP contribution in [0.3, 0.4) is 0 Å². The van der Waals surface area contributed by atoms with Gasteiger partial charge >= 0.3 is 0 Å². The normalized spacial score (nSPS) is 12.1. The van der Waals surface area contributed by atoms with Crippen LogP contribution < -0.4 is 11.1 Å². The third-order valence-electron chi connectivity index (χ3n) is 2.16. The Labute approximate surface area is 99.6 Å². The highest BCUT2D eigenvalue weighted by atomic mass is 35.5. The zero-order valence-electron chi connectivity index (χ0n) is 10.1. The average Bonchev–Trinajstić information content (AvgIpc) is 2.12. The van der Waals surface area contributed by atoms with E-state index in [0.29, 0.717) is 18.9 Å². The summed E-state index contributed by atoms with van der Waals surface area (Å²) >= 11 is 0. The number of rotatable bonds is 7. The van der Waals surface area contributed by atoms with Gasteiger partial charge in [-0.3, -0.25) is 4.79 Å². The first-order chi connectivity index (χ1) is 6.60. The van der Waals surface area contributed by atoms with E-state index in [-0.39, 0.29) is 24.4 Å². The molecule has 1 unspecified atom stereocenters. The van der Waals surface area contributed by atoms with Crippen LogP contribution in [0.4, 0.5) is 0 Å². The summed E-state index contributed by atoms with van der Waals surface area (Å²) in [5.41, 5.74) is 5.58. The van der Waals surface area contributed by atoms with Crippen molar-refractivity contribution >= 4 is 18.3 Å². The minimum atomic E-state index is 0. The first-order valence-corrected chi connectivity index (χ1v) is 5.59. The molecule has 0 aliphatic heterocycles. The monoisotopic (exact) mass is 236 g/mol. The smallest absolute Gasteiger partial charge is 0.220 e. The Balaban J connectivity index is 0. The van der Waals surface area contributed by atoms with Gasteiger partial charge in [0.05, 0.1) is 0 Å². The van der Waals surface area contributed by atoms with Gasteiger partial charge < -0.3 is 11.1 Å². The molecular formula is C11H25ClN2O. The number of nitrogens with two attached hydrogens (primary N) is 1. The molecule has 15 heavy (non-hydrogen) atoms. The number of hydrogen-bond acceptors (Lipinski definition) is 2. The van der Waals surface area contributed by atoms with Crippen LogP contribution in [0.5, 0.6) is 0 Å². The Hall–Kier alpha value is -0.280. The van der Waals surface area contributed by atoms with Crippen LogP contribution in [-0.2, 0) is 4.79 Å². The molecule has 0 bridgehead atoms. The summed E-state index contributed by atoms with van der Waals surface area (Å²) in [6.45, 7) is 6.90. The lowest BCUT2D eigenvalue weighted by molar-refractivity contribution is -0.121. The van der Waals surface area contributed by atoms with Crippen LogP contribution in [0.1, 0.15) is 46.5 Å². The molecule has 0 saturated carbocycles. The molecule has 0 saturated heterocycles. The molecule has 1 atom stereocenters. The lowest BCUT2D eigenvalue weighted by atomic mass is 10.0. The average molecular weight is 237 g/mol. The summed E-state index contributed by atoms with van der Waals surface area (Å²) in [6.07, 6.45) is 3.62. The second-order valence-electron chi connectivity index (χ2n) is 4.23. The third kappa shape index (κ3) is 10.0. The molecule has 0 heterocycles. The van der Waals surface area contributed by atoms with E-state index in [4.69, 9.17) is 5.73 Å². The predicted octanol–water partition coefficient (Wildman–Crippen LogP) is 2.09. The molecule has 0 fully saturated rings. The molecule has 0 radical (unpaired) electrons. The van der Waals surface area contributed by atoms with E-state index < -0.39 is 0 Å². The van der Waals surface area contributed by atoms with Gasteiger partial charge in [-0.2, -0.15) is 0 Å². The van der Waals surface area contributed by atoms with Crippen molar-refractivity contribution in [2.24, 2.45) is 11.7 Å². The number of hydrogen-bond donors (Lipinski definition) is 2. The zero-order valence-corrected chi connectivity index (χ0v) is 10.9. The fraction of sp³-hybridized carbons (Fsp3) is 0.909. The second-order valence-corrected chi connectivity index (χ2v) is 4.23. The van der Waals surface area contributed by atoms with Crippen molar-refractivity contribution in [3.63, 3.8) is 0 Å². The largest absolute Gasteiger partial charge is 0.352 e. The fourth-order valence-electron chi connectivity index (χ4n) is 1.42. The number of nitrogens with one attached hydrogen (secondary N) is 1. The molecule has 92 valence electrons. The molecule has 0 rings (SSSR count). The molecule has 1 amide bonds. The quantitative estimate of drug-likeness (QED) is 0.711. The fourth-order valence-corrected chi connectivity index (χ4v) is 1.42. The van der Waals surface area contributed by atoms with Gasteiger partial charge in [0, 0.05) is 19.0 Å². The van der Waals surface area contributed by atoms with Gasteiger partial charge in [0.1, 0.15) is 0 Å². The Morgan fingerprint density at radius 1 is 1.40 bits per heavy atom. The first-order valence-electron chi connectivity index (χ1n) is 5.59. The molecule has 0 aliphatic carbocycles. The molecule has 0 spiro atoms. The predicted molar refractivity (Wildman–Crippen MR) is 67.2 cm³/mol. The lowest BCUT2D eigenvalue weighted by Crippen LogP contribution is -2.40. The first kappa shape index (κ1) is 17.1. The van der Waals surface area contributed by atoms with E-state index in [0.717, 1.165) is 19.3 Å². The number of unbranched alkanes of at least 4 members (excludes halogenated alkanes) is 1. The second kappa shape index (κ2) is 10.2. The third-order valence-corrected chi connectivity index (χ3v) is 2.16. The molecule has 3 N–H and O–H groups in total. The van der Waals surface area contributed by atoms with E-state index in [2.05, 4.69) is 26.1 Å². The van der Waals surface area contributed by atoms with Crippen LogP contribution in [0.2, 0.25) is 0 Å². The Bertz CT molecular complexity index is 163. The molecule has 0 aliphatic rings. The van der Waals surface area contributed by atoms with Crippen LogP contribution >= 0.6 is 12.4 Å². The van der Waals surface area contributed by atoms with E-state index in [1.807, 2.05) is 0 Å². The Kier molecular flexibility index (Phi) is 11.7. The topological polar surface area (TPSA) is 55.1 Å². The van der Waals surface area contributed by atoms with E-state index in [9.17, 15) is 4.79 Å². The highest BCUT2D eigenvalue weighted by Gasteiger charge is 2.11. The van der Waals surface area contributed by atoms with Crippen molar-refractivity contribution in [3.05, 3.63) is 0 Å². The van der Waals surface area contributed by atoms with Gasteiger partial charge in [0.25, 0.3) is 0 Å². The van der Waals surface area contributed by atoms with Crippen LogP contribution in [0.15, 0.2) is 0 Å². The minimum Gasteiger partial charge on any atom is -0.352 e. The molecular weight excluding hydrogens is 212 g/mol. The number of carbonyl (C=O) groups is 1. The van der Waals surface area contributed by atoms with Crippen molar-refractivity contribution in [3.8, 4) is 0 Å². The molecule has 4 heteroatoms. The van der Waals surface area contributed by atoms with Crippen LogP contribution in [-0.4, -0.2) is 18.5 Å². The Morgan fingerprint density at radius 3 is 2.40 bits per heavy atom. The Morgan fingerprint density at radius 2 is 2.00 bits per heavy atom. The summed E-state index contributed by atoms with van der Waals surface area (Å²) in [7, 11) is 0. The van der Waals surface area contributed by atoms with E-state index in [1.54, 1.807) is 0 Å². The van der Waals surface area contributed by atoms with Gasteiger partial charge in [-0.05, 0) is 18.8 Å². The summed E-state index contributed by atoms with van der Waals surface area (Å²) in [4.78, 5) is 11.4. The number of carbonyl (C=O) groups excluding carboxylic acids is 1. The van der Waals surface area contributed by atoms with Crippen molar-refractivity contribution < 1.29 is 4.79 Å². The highest BCUT2D eigenvalue weighted by molar-refractivity contribution is 5.85. The highest BCUT2D eigenvalue weighted by Crippen LogP contribution is 2.04. The van der Waals surface area contributed by atoms with Gasteiger partial charge in [-0.25, -0.2) is 0 Å². The molecule has 0 aromatic rings. The van der Waals surface area contributed by atoms with Crippen molar-refractivity contribution in [1.29, 1.82) is 0 Å². The molecule has 0 aromatic carbocycles. The summed E-state index contributed by atoms with van der Waals surface area (Å²) in [6, 6.07) is 0.152. The van der Waals surface area contributed by atoms with Crippen LogP contribution in [0, 0.1) is 5.92 Å². The van der Waals surface area contributed by atoms with Crippen molar-refractivity contribution in [1.82, 2.24) is 5.32 Å². The maximum atomic E-state index is 11.4. The summed E-state index contributed by atoms with van der Waals surface area (Å²) < 4.78 is 0. The van der Waals surface area contributed by atoms with Crippen molar-refractivity contribution in [2.45, 2.75) is 52.5 Å². The van der Waals surface area contributed by atoms with Gasteiger partial charge in [-0.1, -0.05) is 27.2 Å². The van der Waals surface area contributed by atoms with E-state index >= 15 is 0 Å². The van der Waals surface area contributed by atoms with Crippen LogP contribution in [0.25, 0.3) is 0 Å². The maximum absolute atomic E-state index is 11.4.